The van der Waals surface area contributed by atoms with Crippen LogP contribution in [-0.2, 0) is 4.79 Å². The number of nitrogens with one attached hydrogen (secondary N) is 2. The van der Waals surface area contributed by atoms with Crippen molar-refractivity contribution >= 4 is 11.9 Å². The first-order valence-corrected chi connectivity index (χ1v) is 3.58. The molecule has 0 aliphatic rings. The van der Waals surface area contributed by atoms with Crippen molar-refractivity contribution in [2.75, 3.05) is 6.54 Å². The first kappa shape index (κ1) is 15.2. The van der Waals surface area contributed by atoms with E-state index in [1.54, 1.807) is 0 Å². The summed E-state index contributed by atoms with van der Waals surface area (Å²) in [4.78, 5) is 10.1. The summed E-state index contributed by atoms with van der Waals surface area (Å²) in [6.45, 7) is 0.455. The van der Waals surface area contributed by atoms with Gasteiger partial charge in [-0.2, -0.15) is 0 Å². The van der Waals surface area contributed by atoms with Gasteiger partial charge in [-0.15, -0.1) is 0 Å². The van der Waals surface area contributed by atoms with E-state index in [0.29, 0.717) is 19.4 Å². The summed E-state index contributed by atoms with van der Waals surface area (Å²) in [6, 6.07) is -0.932. The van der Waals surface area contributed by atoms with Crippen LogP contribution in [0.2, 0.25) is 0 Å². The second kappa shape index (κ2) is 8.31. The Kier molecular flexibility index (Phi) is 9.70. The van der Waals surface area contributed by atoms with Gasteiger partial charge < -0.3 is 26.7 Å². The van der Waals surface area contributed by atoms with Gasteiger partial charge in [0.1, 0.15) is 0 Å². The van der Waals surface area contributed by atoms with Gasteiger partial charge in [0, 0.05) is 12.6 Å². The molecule has 0 saturated carbocycles. The molecule has 0 aliphatic heterocycles. The van der Waals surface area contributed by atoms with Gasteiger partial charge >= 0.3 is 29.6 Å². The van der Waals surface area contributed by atoms with Crippen LogP contribution in [0.3, 0.4) is 0 Å². The van der Waals surface area contributed by atoms with Gasteiger partial charge in [-0.1, -0.05) is 0 Å². The average Bonchev–Trinajstić information content (AvgIpc) is 1.97. The molecule has 0 aliphatic carbocycles. The Morgan fingerprint density at radius 3 is 2.54 bits per heavy atom. The molecule has 0 aromatic rings. The normalized spacial score (nSPS) is 11.2. The number of hydrogen-bond donors (Lipinski definition) is 4. The zero-order chi connectivity index (χ0) is 9.56. The van der Waals surface area contributed by atoms with Crippen molar-refractivity contribution in [3.63, 3.8) is 0 Å². The number of guanidine groups is 1. The number of carboxylic acids is 1. The first-order chi connectivity index (χ1) is 5.54. The molecule has 0 spiro atoms. The third-order valence-corrected chi connectivity index (χ3v) is 1.31. The Morgan fingerprint density at radius 2 is 2.15 bits per heavy atom. The fourth-order valence-corrected chi connectivity index (χ4v) is 0.663. The van der Waals surface area contributed by atoms with Gasteiger partial charge in [0.2, 0.25) is 0 Å². The van der Waals surface area contributed by atoms with E-state index in [0.717, 1.165) is 0 Å². The Morgan fingerprint density at radius 1 is 1.62 bits per heavy atom. The molecule has 0 amide bonds. The zero-order valence-corrected chi connectivity index (χ0v) is 9.67. The third-order valence-electron chi connectivity index (χ3n) is 1.31. The molecule has 13 heavy (non-hydrogen) atoms. The molecule has 0 heterocycles. The summed E-state index contributed by atoms with van der Waals surface area (Å²) < 4.78 is 0. The van der Waals surface area contributed by atoms with Crippen LogP contribution in [0.25, 0.3) is 0 Å². The van der Waals surface area contributed by atoms with Crippen LogP contribution in [0.5, 0.6) is 0 Å². The fraction of sp³-hybridized carbons (Fsp3) is 0.667. The molecule has 0 fully saturated rings. The minimum atomic E-state index is -1.25. The monoisotopic (exact) mass is 196 g/mol. The SMILES string of the molecule is N=C(N)NCCCC(N)C(=O)[O-].[Na+]. The van der Waals surface area contributed by atoms with Crippen molar-refractivity contribution in [2.24, 2.45) is 11.5 Å². The quantitative estimate of drug-likeness (QED) is 0.151. The summed E-state index contributed by atoms with van der Waals surface area (Å²) in [6.07, 6.45) is 0.872. The van der Waals surface area contributed by atoms with Crippen LogP contribution in [-0.4, -0.2) is 24.5 Å². The summed E-state index contributed by atoms with van der Waals surface area (Å²) in [5, 5.41) is 19.4. The van der Waals surface area contributed by atoms with Crippen LogP contribution in [0, 0.1) is 5.41 Å². The van der Waals surface area contributed by atoms with Crippen molar-refractivity contribution in [1.29, 1.82) is 5.41 Å². The fourth-order valence-electron chi connectivity index (χ4n) is 0.663. The summed E-state index contributed by atoms with van der Waals surface area (Å²) >= 11 is 0. The second-order valence-electron chi connectivity index (χ2n) is 2.41. The second-order valence-corrected chi connectivity index (χ2v) is 2.41. The molecule has 0 aromatic heterocycles. The molecule has 0 radical (unpaired) electrons. The molecule has 1 unspecified atom stereocenters. The number of carbonyl (C=O) groups excluding carboxylic acids is 1. The molecule has 6 N–H and O–H groups in total. The number of rotatable bonds is 5. The van der Waals surface area contributed by atoms with Gasteiger partial charge in [-0.3, -0.25) is 5.41 Å². The van der Waals surface area contributed by atoms with Crippen LogP contribution in [0.4, 0.5) is 0 Å². The van der Waals surface area contributed by atoms with E-state index >= 15 is 0 Å². The zero-order valence-electron chi connectivity index (χ0n) is 7.67. The van der Waals surface area contributed by atoms with Crippen molar-refractivity contribution in [2.45, 2.75) is 18.9 Å². The van der Waals surface area contributed by atoms with Crippen molar-refractivity contribution in [1.82, 2.24) is 5.32 Å². The van der Waals surface area contributed by atoms with Crippen molar-refractivity contribution in [3.8, 4) is 0 Å². The molecule has 0 bridgehead atoms. The number of carbonyl (C=O) groups is 1. The van der Waals surface area contributed by atoms with E-state index in [2.05, 4.69) is 5.32 Å². The molecule has 70 valence electrons. The number of carboxylic acid groups (broad SMARTS) is 1. The molecule has 0 saturated heterocycles. The van der Waals surface area contributed by atoms with Gasteiger partial charge in [0.15, 0.2) is 5.96 Å². The van der Waals surface area contributed by atoms with Crippen molar-refractivity contribution < 1.29 is 39.5 Å². The summed E-state index contributed by atoms with van der Waals surface area (Å²) in [5.41, 5.74) is 10.1. The summed E-state index contributed by atoms with van der Waals surface area (Å²) in [5.74, 6) is -1.38. The number of nitrogens with two attached hydrogens (primary N) is 2. The molecule has 0 aromatic carbocycles. The van der Waals surface area contributed by atoms with Crippen LogP contribution in [0.15, 0.2) is 0 Å². The average molecular weight is 196 g/mol. The molecule has 7 heteroatoms. The maximum absolute atomic E-state index is 10.1. The predicted molar refractivity (Wildman–Crippen MR) is 42.1 cm³/mol. The predicted octanol–water partition coefficient (Wildman–Crippen LogP) is -5.67. The van der Waals surface area contributed by atoms with E-state index in [1.807, 2.05) is 0 Å². The van der Waals surface area contributed by atoms with Crippen LogP contribution >= 0.6 is 0 Å². The Balaban J connectivity index is 0. The van der Waals surface area contributed by atoms with E-state index in [1.165, 1.54) is 0 Å². The smallest absolute Gasteiger partial charge is 0.548 e. The van der Waals surface area contributed by atoms with Gasteiger partial charge in [-0.05, 0) is 12.8 Å². The van der Waals surface area contributed by atoms with E-state index in [9.17, 15) is 9.90 Å². The first-order valence-electron chi connectivity index (χ1n) is 3.58. The molecular weight excluding hydrogens is 183 g/mol. The Labute approximate surface area is 98.8 Å². The van der Waals surface area contributed by atoms with Crippen LogP contribution in [0.1, 0.15) is 12.8 Å². The Hall–Kier alpha value is -0.300. The minimum Gasteiger partial charge on any atom is -0.548 e. The van der Waals surface area contributed by atoms with Gasteiger partial charge in [0.25, 0.3) is 0 Å². The maximum atomic E-state index is 10.1. The Bertz CT molecular complexity index is 176. The van der Waals surface area contributed by atoms with Crippen LogP contribution < -0.4 is 51.4 Å². The van der Waals surface area contributed by atoms with Crippen molar-refractivity contribution in [3.05, 3.63) is 0 Å². The van der Waals surface area contributed by atoms with E-state index in [-0.39, 0.29) is 35.5 Å². The molecule has 0 rings (SSSR count). The summed E-state index contributed by atoms with van der Waals surface area (Å²) in [7, 11) is 0. The standard InChI is InChI=1S/C6H14N4O2.Na/c7-4(5(11)12)2-1-3-10-6(8)9;/h4H,1-3,7H2,(H,11,12)(H4,8,9,10);/q;+1/p-1. The molecule has 1 atom stereocenters. The van der Waals surface area contributed by atoms with E-state index < -0.39 is 12.0 Å². The van der Waals surface area contributed by atoms with Gasteiger partial charge in [0.05, 0.1) is 5.97 Å². The molecule has 6 nitrogen and oxygen atoms in total. The largest absolute Gasteiger partial charge is 1.00 e. The third kappa shape index (κ3) is 9.62. The van der Waals surface area contributed by atoms with E-state index in [4.69, 9.17) is 16.9 Å². The minimum absolute atomic E-state index is 0. The van der Waals surface area contributed by atoms with Gasteiger partial charge in [-0.25, -0.2) is 0 Å². The molecular formula is C6H13N4NaO2. The number of hydrogen-bond acceptors (Lipinski definition) is 4. The topological polar surface area (TPSA) is 128 Å². The maximum Gasteiger partial charge on any atom is 1.00 e. The number of aliphatic carboxylic acids is 1.